The number of piperidine rings is 1. The molecule has 1 aromatic carbocycles. The zero-order valence-corrected chi connectivity index (χ0v) is 16.4. The van der Waals surface area contributed by atoms with Crippen LogP contribution >= 0.6 is 15.9 Å². The van der Waals surface area contributed by atoms with Crippen LogP contribution in [0.2, 0.25) is 0 Å². The highest BCUT2D eigenvalue weighted by Crippen LogP contribution is 2.22. The number of halogens is 1. The first-order valence-electron chi connectivity index (χ1n) is 8.73. The molecule has 0 bridgehead atoms. The molecule has 140 valence electrons. The molecule has 0 radical (unpaired) electrons. The lowest BCUT2D eigenvalue weighted by atomic mass is 9.96. The van der Waals surface area contributed by atoms with Gasteiger partial charge in [0.1, 0.15) is 0 Å². The van der Waals surface area contributed by atoms with Gasteiger partial charge in [-0.05, 0) is 38.1 Å². The summed E-state index contributed by atoms with van der Waals surface area (Å²) < 4.78 is 11.3. The molecule has 1 fully saturated rings. The molecule has 0 atom stereocenters. The fourth-order valence-electron chi connectivity index (χ4n) is 3.03. The minimum Gasteiger partial charge on any atom is -0.383 e. The van der Waals surface area contributed by atoms with Crippen LogP contribution in [0.3, 0.4) is 0 Å². The summed E-state index contributed by atoms with van der Waals surface area (Å²) in [4.78, 5) is 18.8. The Bertz CT molecular complexity index is 729. The molecule has 1 saturated heterocycles. The third-order valence-electron chi connectivity index (χ3n) is 4.47. The van der Waals surface area contributed by atoms with Gasteiger partial charge in [0.15, 0.2) is 0 Å². The van der Waals surface area contributed by atoms with E-state index in [4.69, 9.17) is 9.26 Å². The number of hydrogen-bond acceptors (Lipinski definition) is 6. The fraction of sp³-hybridized carbons (Fsp3) is 0.500. The number of carbonyl (C=O) groups excluding carboxylic acids is 1. The van der Waals surface area contributed by atoms with Crippen molar-refractivity contribution < 1.29 is 14.1 Å². The molecule has 26 heavy (non-hydrogen) atoms. The van der Waals surface area contributed by atoms with Crippen molar-refractivity contribution >= 4 is 21.8 Å². The average Bonchev–Trinajstić information content (AvgIpc) is 3.11. The molecule has 0 spiro atoms. The summed E-state index contributed by atoms with van der Waals surface area (Å²) in [5.41, 5.74) is 0.917. The lowest BCUT2D eigenvalue weighted by molar-refractivity contribution is -0.126. The first-order chi connectivity index (χ1) is 12.7. The molecule has 1 amide bonds. The van der Waals surface area contributed by atoms with E-state index >= 15 is 0 Å². The number of likely N-dealkylation sites (tertiary alicyclic amines) is 1. The van der Waals surface area contributed by atoms with Crippen molar-refractivity contribution in [2.45, 2.75) is 19.4 Å². The number of carbonyl (C=O) groups is 1. The lowest BCUT2D eigenvalue weighted by Crippen LogP contribution is -2.41. The monoisotopic (exact) mass is 422 g/mol. The van der Waals surface area contributed by atoms with Crippen LogP contribution in [0.15, 0.2) is 33.3 Å². The van der Waals surface area contributed by atoms with Crippen molar-refractivity contribution in [1.82, 2.24) is 20.4 Å². The number of hydrogen-bond donors (Lipinski definition) is 1. The van der Waals surface area contributed by atoms with Gasteiger partial charge in [-0.15, -0.1) is 0 Å². The highest BCUT2D eigenvalue weighted by Gasteiger charge is 2.25. The summed E-state index contributed by atoms with van der Waals surface area (Å²) in [5, 5.41) is 6.99. The van der Waals surface area contributed by atoms with Crippen LogP contribution in [0.1, 0.15) is 18.7 Å². The summed E-state index contributed by atoms with van der Waals surface area (Å²) in [6.07, 6.45) is 1.68. The Morgan fingerprint density at radius 2 is 2.23 bits per heavy atom. The topological polar surface area (TPSA) is 80.5 Å². The van der Waals surface area contributed by atoms with Crippen LogP contribution in [0, 0.1) is 5.92 Å². The number of benzene rings is 1. The fourth-order valence-corrected chi connectivity index (χ4v) is 3.43. The first kappa shape index (κ1) is 19.0. The molecular weight excluding hydrogens is 400 g/mol. The van der Waals surface area contributed by atoms with E-state index in [0.29, 0.717) is 31.4 Å². The second-order valence-electron chi connectivity index (χ2n) is 6.36. The molecule has 1 aromatic heterocycles. The maximum absolute atomic E-state index is 12.1. The molecular formula is C18H23BrN4O3. The molecule has 1 aliphatic heterocycles. The Labute approximate surface area is 161 Å². The smallest absolute Gasteiger partial charge is 0.241 e. The van der Waals surface area contributed by atoms with Gasteiger partial charge < -0.3 is 14.6 Å². The van der Waals surface area contributed by atoms with Crippen LogP contribution in [-0.2, 0) is 16.1 Å². The summed E-state index contributed by atoms with van der Waals surface area (Å²) in [7, 11) is 1.63. The second-order valence-corrected chi connectivity index (χ2v) is 7.27. The molecule has 0 saturated carbocycles. The van der Waals surface area contributed by atoms with E-state index < -0.39 is 0 Å². The number of aromatic nitrogens is 2. The third kappa shape index (κ3) is 5.12. The Kier molecular flexibility index (Phi) is 6.76. The zero-order valence-electron chi connectivity index (χ0n) is 14.8. The Morgan fingerprint density at radius 3 is 2.96 bits per heavy atom. The van der Waals surface area contributed by atoms with Crippen molar-refractivity contribution in [3.05, 3.63) is 34.6 Å². The molecule has 0 aliphatic carbocycles. The van der Waals surface area contributed by atoms with Gasteiger partial charge in [0.2, 0.25) is 17.6 Å². The molecule has 1 N–H and O–H groups in total. The van der Waals surface area contributed by atoms with E-state index in [9.17, 15) is 4.79 Å². The standard InChI is InChI=1S/C18H23BrN4O3/c1-25-10-7-20-18(24)13-5-8-23(9-6-13)12-16-21-17(22-26-16)14-3-2-4-15(19)11-14/h2-4,11,13H,5-10,12H2,1H3,(H,20,24). The molecule has 8 heteroatoms. The highest BCUT2D eigenvalue weighted by atomic mass is 79.9. The maximum Gasteiger partial charge on any atom is 0.241 e. The summed E-state index contributed by atoms with van der Waals surface area (Å²) in [6, 6.07) is 7.81. The van der Waals surface area contributed by atoms with Crippen LogP contribution < -0.4 is 5.32 Å². The van der Waals surface area contributed by atoms with E-state index in [1.165, 1.54) is 0 Å². The number of amides is 1. The number of nitrogens with zero attached hydrogens (tertiary/aromatic N) is 3. The normalized spacial score (nSPS) is 15.9. The predicted octanol–water partition coefficient (Wildman–Crippen LogP) is 2.47. The molecule has 2 heterocycles. The van der Waals surface area contributed by atoms with Crippen LogP contribution in [0.5, 0.6) is 0 Å². The second kappa shape index (κ2) is 9.25. The summed E-state index contributed by atoms with van der Waals surface area (Å²) in [6.45, 7) is 3.41. The molecule has 2 aromatic rings. The molecule has 3 rings (SSSR count). The minimum atomic E-state index is 0.0722. The Hall–Kier alpha value is -1.77. The third-order valence-corrected chi connectivity index (χ3v) is 4.97. The van der Waals surface area contributed by atoms with Gasteiger partial charge in [-0.2, -0.15) is 4.98 Å². The van der Waals surface area contributed by atoms with E-state index in [1.807, 2.05) is 24.3 Å². The molecule has 7 nitrogen and oxygen atoms in total. The van der Waals surface area contributed by atoms with Crippen LogP contribution in [0.25, 0.3) is 11.4 Å². The van der Waals surface area contributed by atoms with E-state index in [-0.39, 0.29) is 11.8 Å². The lowest BCUT2D eigenvalue weighted by Gasteiger charge is -2.30. The highest BCUT2D eigenvalue weighted by molar-refractivity contribution is 9.10. The number of ether oxygens (including phenoxy) is 1. The zero-order chi connectivity index (χ0) is 18.4. The largest absolute Gasteiger partial charge is 0.383 e. The predicted molar refractivity (Wildman–Crippen MR) is 100 cm³/mol. The van der Waals surface area contributed by atoms with Crippen molar-refractivity contribution in [2.75, 3.05) is 33.4 Å². The average molecular weight is 423 g/mol. The number of nitrogens with one attached hydrogen (secondary N) is 1. The Morgan fingerprint density at radius 1 is 1.42 bits per heavy atom. The molecule has 1 aliphatic rings. The van der Waals surface area contributed by atoms with Crippen LogP contribution in [-0.4, -0.2) is 54.3 Å². The quantitative estimate of drug-likeness (QED) is 0.690. The van der Waals surface area contributed by atoms with Gasteiger partial charge in [0, 0.05) is 29.6 Å². The summed E-state index contributed by atoms with van der Waals surface area (Å²) in [5.74, 6) is 1.39. The van der Waals surface area contributed by atoms with Gasteiger partial charge in [0.05, 0.1) is 13.2 Å². The van der Waals surface area contributed by atoms with E-state index in [1.54, 1.807) is 7.11 Å². The van der Waals surface area contributed by atoms with Gasteiger partial charge in [-0.25, -0.2) is 0 Å². The van der Waals surface area contributed by atoms with E-state index in [2.05, 4.69) is 36.3 Å². The van der Waals surface area contributed by atoms with Crippen molar-refractivity contribution in [2.24, 2.45) is 5.92 Å². The van der Waals surface area contributed by atoms with Gasteiger partial charge >= 0.3 is 0 Å². The van der Waals surface area contributed by atoms with Gasteiger partial charge in [-0.3, -0.25) is 9.69 Å². The number of methoxy groups -OCH3 is 1. The first-order valence-corrected chi connectivity index (χ1v) is 9.52. The van der Waals surface area contributed by atoms with Gasteiger partial charge in [-0.1, -0.05) is 33.2 Å². The van der Waals surface area contributed by atoms with Crippen molar-refractivity contribution in [3.8, 4) is 11.4 Å². The molecule has 0 unspecified atom stereocenters. The van der Waals surface area contributed by atoms with E-state index in [0.717, 1.165) is 36.0 Å². The number of rotatable bonds is 7. The Balaban J connectivity index is 1.48. The summed E-state index contributed by atoms with van der Waals surface area (Å²) >= 11 is 3.45. The van der Waals surface area contributed by atoms with Crippen molar-refractivity contribution in [3.63, 3.8) is 0 Å². The minimum absolute atomic E-state index is 0.0722. The van der Waals surface area contributed by atoms with Crippen molar-refractivity contribution in [1.29, 1.82) is 0 Å². The van der Waals surface area contributed by atoms with Crippen LogP contribution in [0.4, 0.5) is 0 Å². The SMILES string of the molecule is COCCNC(=O)C1CCN(Cc2nc(-c3cccc(Br)c3)no2)CC1. The van der Waals surface area contributed by atoms with Gasteiger partial charge in [0.25, 0.3) is 0 Å². The maximum atomic E-state index is 12.1.